The predicted molar refractivity (Wildman–Crippen MR) is 65.1 cm³/mol. The molecule has 0 aliphatic carbocycles. The predicted octanol–water partition coefficient (Wildman–Crippen LogP) is 4.63. The molecule has 0 radical (unpaired) electrons. The highest BCUT2D eigenvalue weighted by atomic mass is 35.5. The van der Waals surface area contributed by atoms with Gasteiger partial charge in [0.05, 0.1) is 10.0 Å². The normalized spacial score (nSPS) is 10.9. The molecule has 4 heteroatoms. The molecule has 1 aromatic rings. The van der Waals surface area contributed by atoms with Crippen LogP contribution in [0.4, 0.5) is 0 Å². The Morgan fingerprint density at radius 3 is 2.14 bits per heavy atom. The Hall–Kier alpha value is 0.380. The molecule has 0 unspecified atom stereocenters. The maximum absolute atomic E-state index is 5.89. The molecule has 78 valence electrons. The fraction of sp³-hybridized carbons (Fsp3) is 0.400. The maximum Gasteiger partial charge on any atom is 0.0595 e. The van der Waals surface area contributed by atoms with E-state index in [0.29, 0.717) is 21.8 Å². The molecular weight excluding hydrogens is 262 g/mol. The third-order valence-electron chi connectivity index (χ3n) is 1.94. The van der Waals surface area contributed by atoms with E-state index in [2.05, 4.69) is 0 Å². The van der Waals surface area contributed by atoms with Crippen LogP contribution in [0, 0.1) is 5.92 Å². The fourth-order valence-corrected chi connectivity index (χ4v) is 2.02. The minimum absolute atomic E-state index is 0.288. The second-order valence-electron chi connectivity index (χ2n) is 3.13. The van der Waals surface area contributed by atoms with Crippen LogP contribution < -0.4 is 0 Å². The van der Waals surface area contributed by atoms with Gasteiger partial charge in [-0.1, -0.05) is 29.3 Å². The van der Waals surface area contributed by atoms with E-state index in [1.165, 1.54) is 0 Å². The van der Waals surface area contributed by atoms with Crippen LogP contribution in [0.25, 0.3) is 0 Å². The van der Waals surface area contributed by atoms with E-state index in [-0.39, 0.29) is 5.92 Å². The first-order valence-corrected chi connectivity index (χ1v) is 6.05. The average molecular weight is 272 g/mol. The average Bonchev–Trinajstić information content (AvgIpc) is 2.19. The van der Waals surface area contributed by atoms with Gasteiger partial charge in [0.2, 0.25) is 0 Å². The molecule has 0 N–H and O–H groups in total. The Labute approximate surface area is 104 Å². The minimum Gasteiger partial charge on any atom is -0.126 e. The second kappa shape index (κ2) is 6.07. The molecule has 14 heavy (non-hydrogen) atoms. The summed E-state index contributed by atoms with van der Waals surface area (Å²) in [5, 5.41) is 1.15. The van der Waals surface area contributed by atoms with Crippen molar-refractivity contribution in [2.45, 2.75) is 6.42 Å². The van der Waals surface area contributed by atoms with Crippen LogP contribution in [0.15, 0.2) is 18.2 Å². The van der Waals surface area contributed by atoms with E-state index in [1.807, 2.05) is 12.1 Å². The Morgan fingerprint density at radius 2 is 1.64 bits per heavy atom. The van der Waals surface area contributed by atoms with Crippen LogP contribution >= 0.6 is 46.4 Å². The van der Waals surface area contributed by atoms with Crippen molar-refractivity contribution < 1.29 is 0 Å². The van der Waals surface area contributed by atoms with Gasteiger partial charge < -0.3 is 0 Å². The molecular formula is C10H10Cl4. The zero-order valence-corrected chi connectivity index (χ0v) is 10.5. The molecule has 0 saturated heterocycles. The van der Waals surface area contributed by atoms with Crippen LogP contribution in [0.1, 0.15) is 5.56 Å². The van der Waals surface area contributed by atoms with E-state index in [4.69, 9.17) is 46.4 Å². The quantitative estimate of drug-likeness (QED) is 0.701. The molecule has 1 aromatic carbocycles. The number of hydrogen-bond donors (Lipinski definition) is 0. The molecule has 0 amide bonds. The lowest BCUT2D eigenvalue weighted by atomic mass is 10.0. The lowest BCUT2D eigenvalue weighted by Gasteiger charge is -2.10. The first kappa shape index (κ1) is 12.4. The number of alkyl halides is 2. The van der Waals surface area contributed by atoms with Crippen molar-refractivity contribution in [2.75, 3.05) is 11.8 Å². The zero-order chi connectivity index (χ0) is 10.6. The lowest BCUT2D eigenvalue weighted by Crippen LogP contribution is -2.07. The Balaban J connectivity index is 2.72. The molecule has 0 fully saturated rings. The maximum atomic E-state index is 5.89. The van der Waals surface area contributed by atoms with Gasteiger partial charge in [0.1, 0.15) is 0 Å². The van der Waals surface area contributed by atoms with Crippen LogP contribution in [-0.2, 0) is 6.42 Å². The molecule has 0 saturated carbocycles. The van der Waals surface area contributed by atoms with Gasteiger partial charge in [0.25, 0.3) is 0 Å². The van der Waals surface area contributed by atoms with Crippen LogP contribution in [0.2, 0.25) is 10.0 Å². The first-order chi connectivity index (χ1) is 6.67. The van der Waals surface area contributed by atoms with Gasteiger partial charge >= 0.3 is 0 Å². The van der Waals surface area contributed by atoms with Crippen molar-refractivity contribution in [2.24, 2.45) is 5.92 Å². The molecule has 0 bridgehead atoms. The highest BCUT2D eigenvalue weighted by Gasteiger charge is 2.08. The van der Waals surface area contributed by atoms with Crippen LogP contribution in [0.5, 0.6) is 0 Å². The summed E-state index contributed by atoms with van der Waals surface area (Å²) in [5.41, 5.74) is 1.12. The summed E-state index contributed by atoms with van der Waals surface area (Å²) in [7, 11) is 0. The van der Waals surface area contributed by atoms with E-state index >= 15 is 0 Å². The fourth-order valence-electron chi connectivity index (χ4n) is 1.15. The molecule has 0 heterocycles. The molecule has 0 aliphatic heterocycles. The summed E-state index contributed by atoms with van der Waals surface area (Å²) in [4.78, 5) is 0. The molecule has 0 aromatic heterocycles. The van der Waals surface area contributed by atoms with E-state index in [9.17, 15) is 0 Å². The Kier molecular flexibility index (Phi) is 5.40. The number of rotatable bonds is 4. The summed E-state index contributed by atoms with van der Waals surface area (Å²) in [5.74, 6) is 1.41. The van der Waals surface area contributed by atoms with Crippen molar-refractivity contribution in [3.8, 4) is 0 Å². The number of hydrogen-bond acceptors (Lipinski definition) is 0. The molecule has 1 rings (SSSR count). The van der Waals surface area contributed by atoms with Crippen molar-refractivity contribution >= 4 is 46.4 Å². The van der Waals surface area contributed by atoms with E-state index in [1.54, 1.807) is 6.07 Å². The highest BCUT2D eigenvalue weighted by Crippen LogP contribution is 2.24. The Bertz CT molecular complexity index is 294. The summed E-state index contributed by atoms with van der Waals surface area (Å²) >= 11 is 23.2. The summed E-state index contributed by atoms with van der Waals surface area (Å²) in [6.45, 7) is 0. The number of halogens is 4. The monoisotopic (exact) mass is 270 g/mol. The largest absolute Gasteiger partial charge is 0.126 e. The van der Waals surface area contributed by atoms with Crippen molar-refractivity contribution in [3.63, 3.8) is 0 Å². The summed E-state index contributed by atoms with van der Waals surface area (Å²) in [6, 6.07) is 5.59. The summed E-state index contributed by atoms with van der Waals surface area (Å²) in [6.07, 6.45) is 0.837. The molecule has 0 spiro atoms. The van der Waals surface area contributed by atoms with Crippen molar-refractivity contribution in [1.29, 1.82) is 0 Å². The smallest absolute Gasteiger partial charge is 0.0595 e. The zero-order valence-electron chi connectivity index (χ0n) is 7.44. The van der Waals surface area contributed by atoms with Gasteiger partial charge in [0, 0.05) is 11.8 Å². The lowest BCUT2D eigenvalue weighted by molar-refractivity contribution is 0.662. The van der Waals surface area contributed by atoms with Gasteiger partial charge in [-0.3, -0.25) is 0 Å². The van der Waals surface area contributed by atoms with Crippen molar-refractivity contribution in [3.05, 3.63) is 33.8 Å². The number of benzene rings is 1. The molecule has 0 aliphatic rings. The van der Waals surface area contributed by atoms with Crippen LogP contribution in [0.3, 0.4) is 0 Å². The summed E-state index contributed by atoms with van der Waals surface area (Å²) < 4.78 is 0. The molecule has 0 nitrogen and oxygen atoms in total. The van der Waals surface area contributed by atoms with Gasteiger partial charge in [-0.25, -0.2) is 0 Å². The molecule has 0 atom stereocenters. The third kappa shape index (κ3) is 3.51. The third-order valence-corrected chi connectivity index (χ3v) is 3.56. The van der Waals surface area contributed by atoms with Gasteiger partial charge in [-0.2, -0.15) is 0 Å². The van der Waals surface area contributed by atoms with Crippen molar-refractivity contribution in [1.82, 2.24) is 0 Å². The van der Waals surface area contributed by atoms with Gasteiger partial charge in [-0.05, 0) is 30.0 Å². The highest BCUT2D eigenvalue weighted by molar-refractivity contribution is 6.42. The topological polar surface area (TPSA) is 0 Å². The minimum atomic E-state index is 0.288. The van der Waals surface area contributed by atoms with E-state index in [0.717, 1.165) is 12.0 Å². The van der Waals surface area contributed by atoms with Gasteiger partial charge in [0.15, 0.2) is 0 Å². The second-order valence-corrected chi connectivity index (χ2v) is 4.56. The van der Waals surface area contributed by atoms with Gasteiger partial charge in [-0.15, -0.1) is 23.2 Å². The SMILES string of the molecule is ClCC(CCl)Cc1ccc(Cl)c(Cl)c1. The standard InChI is InChI=1S/C10H10Cl4/c11-5-8(6-12)3-7-1-2-9(13)10(14)4-7/h1-2,4,8H,3,5-6H2. The first-order valence-electron chi connectivity index (χ1n) is 4.23. The van der Waals surface area contributed by atoms with E-state index < -0.39 is 0 Å². The van der Waals surface area contributed by atoms with Crippen LogP contribution in [-0.4, -0.2) is 11.8 Å². The Morgan fingerprint density at radius 1 is 1.00 bits per heavy atom.